The van der Waals surface area contributed by atoms with Crippen molar-refractivity contribution in [3.05, 3.63) is 66.0 Å². The fourth-order valence-corrected chi connectivity index (χ4v) is 2.27. The molecule has 2 aromatic rings. The van der Waals surface area contributed by atoms with Crippen LogP contribution in [-0.2, 0) is 6.54 Å². The minimum absolute atomic E-state index is 0.173. The number of hydrogen-bond acceptors (Lipinski definition) is 5. The zero-order valence-corrected chi connectivity index (χ0v) is 13.5. The van der Waals surface area contributed by atoms with Gasteiger partial charge >= 0.3 is 0 Å². The minimum Gasteiger partial charge on any atom is -0.454 e. The van der Waals surface area contributed by atoms with Gasteiger partial charge in [-0.2, -0.15) is 0 Å². The highest BCUT2D eigenvalue weighted by atomic mass is 16.7. The predicted molar refractivity (Wildman–Crippen MR) is 90.5 cm³/mol. The number of ether oxygens (including phenoxy) is 2. The molecule has 0 bridgehead atoms. The zero-order valence-electron chi connectivity index (χ0n) is 13.5. The molecule has 0 radical (unpaired) electrons. The van der Waals surface area contributed by atoms with Gasteiger partial charge in [0.15, 0.2) is 11.5 Å². The summed E-state index contributed by atoms with van der Waals surface area (Å²) in [6.45, 7) is 4.38. The Kier molecular flexibility index (Phi) is 4.94. The second-order valence-corrected chi connectivity index (χ2v) is 5.28. The molecular weight excluding hydrogens is 322 g/mol. The van der Waals surface area contributed by atoms with Crippen molar-refractivity contribution in [1.29, 1.82) is 0 Å². The Hall–Kier alpha value is -3.35. The third-order valence-electron chi connectivity index (χ3n) is 3.51. The van der Waals surface area contributed by atoms with Gasteiger partial charge in [-0.1, -0.05) is 18.2 Å². The molecule has 1 aromatic heterocycles. The molecule has 0 saturated heterocycles. The number of nitrogens with zero attached hydrogens (tertiary/aromatic N) is 1. The normalized spacial score (nSPS) is 11.7. The van der Waals surface area contributed by atoms with E-state index in [1.807, 2.05) is 12.1 Å². The Morgan fingerprint density at radius 2 is 1.80 bits per heavy atom. The zero-order chi connectivity index (χ0) is 17.6. The minimum atomic E-state index is -0.365. The molecule has 2 amide bonds. The Morgan fingerprint density at radius 3 is 2.56 bits per heavy atom. The summed E-state index contributed by atoms with van der Waals surface area (Å²) in [7, 11) is 0. The van der Waals surface area contributed by atoms with Crippen molar-refractivity contribution in [2.24, 2.45) is 0 Å². The average Bonchev–Trinajstić information content (AvgIpc) is 3.12. The molecule has 3 rings (SSSR count). The maximum absolute atomic E-state index is 12.3. The molecule has 2 N–H and O–H groups in total. The monoisotopic (exact) mass is 339 g/mol. The molecular formula is C18H17N3O4. The Bertz CT molecular complexity index is 820. The van der Waals surface area contributed by atoms with E-state index in [-0.39, 0.29) is 30.0 Å². The van der Waals surface area contributed by atoms with Crippen LogP contribution in [0.5, 0.6) is 11.5 Å². The van der Waals surface area contributed by atoms with E-state index in [4.69, 9.17) is 9.47 Å². The van der Waals surface area contributed by atoms with E-state index < -0.39 is 0 Å². The largest absolute Gasteiger partial charge is 0.454 e. The average molecular weight is 339 g/mol. The molecule has 1 aliphatic rings. The summed E-state index contributed by atoms with van der Waals surface area (Å²) in [6, 6.07) is 10.2. The van der Waals surface area contributed by atoms with E-state index in [0.29, 0.717) is 24.6 Å². The van der Waals surface area contributed by atoms with E-state index in [9.17, 15) is 9.59 Å². The Morgan fingerprint density at radius 1 is 1.08 bits per heavy atom. The molecule has 0 fully saturated rings. The number of pyridine rings is 1. The van der Waals surface area contributed by atoms with Gasteiger partial charge in [-0.3, -0.25) is 9.59 Å². The third kappa shape index (κ3) is 3.95. The lowest BCUT2D eigenvalue weighted by molar-refractivity contribution is 0.0943. The van der Waals surface area contributed by atoms with Crippen LogP contribution < -0.4 is 20.1 Å². The number of hydrogen-bond donors (Lipinski definition) is 2. The van der Waals surface area contributed by atoms with E-state index in [1.54, 1.807) is 30.3 Å². The Labute approximate surface area is 144 Å². The fourth-order valence-electron chi connectivity index (χ4n) is 2.27. The van der Waals surface area contributed by atoms with E-state index in [2.05, 4.69) is 22.2 Å². The summed E-state index contributed by atoms with van der Waals surface area (Å²) < 4.78 is 10.6. The fraction of sp³-hybridized carbons (Fsp3) is 0.167. The van der Waals surface area contributed by atoms with E-state index in [1.165, 1.54) is 0 Å². The van der Waals surface area contributed by atoms with Crippen LogP contribution in [0.2, 0.25) is 0 Å². The summed E-state index contributed by atoms with van der Waals surface area (Å²) in [5, 5.41) is 5.39. The number of benzene rings is 1. The third-order valence-corrected chi connectivity index (χ3v) is 3.51. The van der Waals surface area contributed by atoms with Crippen molar-refractivity contribution < 1.29 is 19.1 Å². The van der Waals surface area contributed by atoms with Crippen LogP contribution in [0, 0.1) is 0 Å². The van der Waals surface area contributed by atoms with Crippen molar-refractivity contribution in [1.82, 2.24) is 15.6 Å². The number of fused-ring (bicyclic) bond motifs is 1. The first-order valence-corrected chi connectivity index (χ1v) is 7.70. The second kappa shape index (κ2) is 7.48. The number of carbonyl (C=O) groups excluding carboxylic acids is 2. The highest BCUT2D eigenvalue weighted by Gasteiger charge is 2.15. The summed E-state index contributed by atoms with van der Waals surface area (Å²) in [5.74, 6) is 0.627. The van der Waals surface area contributed by atoms with Gasteiger partial charge < -0.3 is 20.1 Å². The van der Waals surface area contributed by atoms with Crippen molar-refractivity contribution in [2.75, 3.05) is 13.3 Å². The van der Waals surface area contributed by atoms with Gasteiger partial charge in [0.25, 0.3) is 11.8 Å². The maximum atomic E-state index is 12.3. The van der Waals surface area contributed by atoms with Gasteiger partial charge in [-0.15, -0.1) is 6.58 Å². The smallest absolute Gasteiger partial charge is 0.270 e. The first-order valence-electron chi connectivity index (χ1n) is 7.70. The van der Waals surface area contributed by atoms with Crippen molar-refractivity contribution in [2.45, 2.75) is 6.54 Å². The van der Waals surface area contributed by atoms with Crippen molar-refractivity contribution in [3.8, 4) is 11.5 Å². The lowest BCUT2D eigenvalue weighted by Gasteiger charge is -2.07. The van der Waals surface area contributed by atoms with Gasteiger partial charge in [0.1, 0.15) is 11.4 Å². The quantitative estimate of drug-likeness (QED) is 0.781. The number of nitrogens with one attached hydrogen (secondary N) is 2. The maximum Gasteiger partial charge on any atom is 0.270 e. The summed E-state index contributed by atoms with van der Waals surface area (Å²) in [4.78, 5) is 28.2. The molecule has 0 atom stereocenters. The van der Waals surface area contributed by atoms with Crippen molar-refractivity contribution in [3.63, 3.8) is 0 Å². The highest BCUT2D eigenvalue weighted by Crippen LogP contribution is 2.32. The summed E-state index contributed by atoms with van der Waals surface area (Å²) in [6.07, 6.45) is 1.57. The number of aromatic nitrogens is 1. The molecule has 128 valence electrons. The topological polar surface area (TPSA) is 89.6 Å². The second-order valence-electron chi connectivity index (χ2n) is 5.28. The Balaban J connectivity index is 1.63. The van der Waals surface area contributed by atoms with Crippen LogP contribution >= 0.6 is 0 Å². The van der Waals surface area contributed by atoms with Gasteiger partial charge in [-0.05, 0) is 29.8 Å². The van der Waals surface area contributed by atoms with Crippen LogP contribution in [0.15, 0.2) is 49.1 Å². The number of amides is 2. The van der Waals surface area contributed by atoms with Crippen molar-refractivity contribution >= 4 is 11.8 Å². The molecule has 25 heavy (non-hydrogen) atoms. The standard InChI is InChI=1S/C18H17N3O4/c1-2-8-19-17(22)13-4-3-5-14(21-13)18(23)20-10-12-6-7-15-16(9-12)25-11-24-15/h2-7,9H,1,8,10-11H2,(H,19,22)(H,20,23). The predicted octanol–water partition coefficient (Wildman–Crippen LogP) is 1.66. The number of rotatable bonds is 6. The lowest BCUT2D eigenvalue weighted by atomic mass is 10.2. The summed E-state index contributed by atoms with van der Waals surface area (Å²) in [5.41, 5.74) is 1.22. The van der Waals surface area contributed by atoms with Crippen LogP contribution in [0.1, 0.15) is 26.5 Å². The van der Waals surface area contributed by atoms with Gasteiger partial charge in [0.05, 0.1) is 0 Å². The first kappa shape index (κ1) is 16.5. The molecule has 0 spiro atoms. The molecule has 7 nitrogen and oxygen atoms in total. The highest BCUT2D eigenvalue weighted by molar-refractivity contribution is 5.96. The van der Waals surface area contributed by atoms with E-state index in [0.717, 1.165) is 5.56 Å². The van der Waals surface area contributed by atoms with Gasteiger partial charge in [0, 0.05) is 13.1 Å². The molecule has 1 aromatic carbocycles. The van der Waals surface area contributed by atoms with Crippen LogP contribution in [0.25, 0.3) is 0 Å². The van der Waals surface area contributed by atoms with Crippen LogP contribution in [0.4, 0.5) is 0 Å². The molecule has 2 heterocycles. The molecule has 0 saturated carbocycles. The number of carbonyl (C=O) groups is 2. The van der Waals surface area contributed by atoms with E-state index >= 15 is 0 Å². The van der Waals surface area contributed by atoms with Crippen LogP contribution in [-0.4, -0.2) is 30.1 Å². The SMILES string of the molecule is C=CCNC(=O)c1cccc(C(=O)NCc2ccc3c(c2)OCO3)n1. The molecule has 0 aliphatic carbocycles. The lowest BCUT2D eigenvalue weighted by Crippen LogP contribution is -2.27. The first-order chi connectivity index (χ1) is 12.2. The molecule has 7 heteroatoms. The van der Waals surface area contributed by atoms with Crippen LogP contribution in [0.3, 0.4) is 0 Å². The van der Waals surface area contributed by atoms with Gasteiger partial charge in [-0.25, -0.2) is 4.98 Å². The van der Waals surface area contributed by atoms with Gasteiger partial charge in [0.2, 0.25) is 6.79 Å². The summed E-state index contributed by atoms with van der Waals surface area (Å²) >= 11 is 0. The molecule has 0 unspecified atom stereocenters. The molecule has 1 aliphatic heterocycles.